The average Bonchev–Trinajstić information content (AvgIpc) is 2.73. The number of methoxy groups -OCH3 is 1. The summed E-state index contributed by atoms with van der Waals surface area (Å²) in [5.41, 5.74) is 1.98. The normalized spacial score (nSPS) is 14.9. The van der Waals surface area contributed by atoms with Gasteiger partial charge in [-0.05, 0) is 30.2 Å². The molecule has 3 rings (SSSR count). The lowest BCUT2D eigenvalue weighted by atomic mass is 9.95. The number of hydrogen-bond acceptors (Lipinski definition) is 4. The number of nitrogens with one attached hydrogen (secondary N) is 1. The van der Waals surface area contributed by atoms with Crippen LogP contribution in [-0.4, -0.2) is 41.1 Å². The van der Waals surface area contributed by atoms with E-state index in [0.717, 1.165) is 0 Å². The highest BCUT2D eigenvalue weighted by atomic mass is 35.5. The largest absolute Gasteiger partial charge is 0.385 e. The highest BCUT2D eigenvalue weighted by Crippen LogP contribution is 2.43. The number of fused-ring (bicyclic) bond motifs is 1. The summed E-state index contributed by atoms with van der Waals surface area (Å²) in [5.74, 6) is -0.662. The second-order valence-corrected chi connectivity index (χ2v) is 8.89. The van der Waals surface area contributed by atoms with Gasteiger partial charge in [0, 0.05) is 36.4 Å². The van der Waals surface area contributed by atoms with Gasteiger partial charge in [-0.1, -0.05) is 48.0 Å². The van der Waals surface area contributed by atoms with E-state index < -0.39 is 15.9 Å². The lowest BCUT2D eigenvalue weighted by molar-refractivity contribution is -0.116. The van der Waals surface area contributed by atoms with Gasteiger partial charge in [0.2, 0.25) is 0 Å². The molecule has 0 saturated carbocycles. The summed E-state index contributed by atoms with van der Waals surface area (Å²) in [6.07, 6.45) is 2.05. The van der Waals surface area contributed by atoms with Crippen LogP contribution in [-0.2, 0) is 19.6 Å². The topological polar surface area (TPSA) is 75.7 Å². The summed E-state index contributed by atoms with van der Waals surface area (Å²) >= 11 is 6.25. The third-order valence-corrected chi connectivity index (χ3v) is 6.71. The van der Waals surface area contributed by atoms with Crippen LogP contribution in [0.15, 0.2) is 66.1 Å². The number of halogens is 1. The number of anilines is 1. The third kappa shape index (κ3) is 4.28. The number of amides is 1. The van der Waals surface area contributed by atoms with E-state index in [-0.39, 0.29) is 18.0 Å². The van der Waals surface area contributed by atoms with Gasteiger partial charge in [0.1, 0.15) is 0 Å². The second-order valence-electron chi connectivity index (χ2n) is 6.66. The fraction of sp³-hybridized carbons (Fsp3) is 0.227. The van der Waals surface area contributed by atoms with E-state index in [1.54, 1.807) is 49.6 Å². The lowest BCUT2D eigenvalue weighted by Gasteiger charge is -2.33. The van der Waals surface area contributed by atoms with E-state index in [1.165, 1.54) is 10.4 Å². The number of carbonyl (C=O) groups is 1. The molecule has 8 heteroatoms. The quantitative estimate of drug-likeness (QED) is 0.496. The van der Waals surface area contributed by atoms with Gasteiger partial charge < -0.3 is 10.1 Å². The Morgan fingerprint density at radius 3 is 2.63 bits per heavy atom. The molecule has 1 heterocycles. The summed E-state index contributed by atoms with van der Waals surface area (Å²) in [7, 11) is -2.57. The molecule has 1 aliphatic heterocycles. The van der Waals surface area contributed by atoms with Gasteiger partial charge >= 0.3 is 0 Å². The molecule has 6 nitrogen and oxygen atoms in total. The van der Waals surface area contributed by atoms with E-state index in [0.29, 0.717) is 40.4 Å². The van der Waals surface area contributed by atoms with E-state index in [1.807, 2.05) is 6.07 Å². The van der Waals surface area contributed by atoms with Crippen molar-refractivity contribution in [3.63, 3.8) is 0 Å². The molecule has 30 heavy (non-hydrogen) atoms. The first-order valence-electron chi connectivity index (χ1n) is 9.42. The molecule has 0 radical (unpaired) electrons. The first-order chi connectivity index (χ1) is 14.4. The van der Waals surface area contributed by atoms with E-state index in [9.17, 15) is 13.2 Å². The van der Waals surface area contributed by atoms with Crippen LogP contribution < -0.4 is 9.62 Å². The minimum atomic E-state index is -4.14. The Morgan fingerprint density at radius 1 is 1.23 bits per heavy atom. The molecule has 1 N–H and O–H groups in total. The average molecular weight is 447 g/mol. The molecule has 1 aliphatic rings. The molecular weight excluding hydrogens is 424 g/mol. The molecule has 0 aromatic heterocycles. The lowest BCUT2D eigenvalue weighted by Crippen LogP contribution is -2.41. The van der Waals surface area contributed by atoms with Crippen molar-refractivity contribution in [2.75, 3.05) is 31.1 Å². The minimum absolute atomic E-state index is 0.0273. The van der Waals surface area contributed by atoms with Crippen LogP contribution in [0.25, 0.3) is 5.57 Å². The minimum Gasteiger partial charge on any atom is -0.385 e. The Hall–Kier alpha value is -2.61. The molecule has 0 atom stereocenters. The van der Waals surface area contributed by atoms with Gasteiger partial charge in [-0.2, -0.15) is 0 Å². The van der Waals surface area contributed by atoms with Crippen LogP contribution in [0.1, 0.15) is 17.5 Å². The summed E-state index contributed by atoms with van der Waals surface area (Å²) in [6.45, 7) is 4.44. The van der Waals surface area contributed by atoms with Crippen molar-refractivity contribution in [1.82, 2.24) is 5.32 Å². The standard InChI is InChI=1S/C22H23ClN2O4S/c1-3-13-25-19-11-10-17(23)15-18(19)20(16-8-5-4-6-9-16)21(30(25,27)28)22(26)24-12-7-14-29-2/h3-6,8-11,15H,1,7,12-14H2,2H3,(H,24,26). The summed E-state index contributed by atoms with van der Waals surface area (Å²) < 4.78 is 33.3. The van der Waals surface area contributed by atoms with Crippen molar-refractivity contribution in [1.29, 1.82) is 0 Å². The zero-order valence-electron chi connectivity index (χ0n) is 16.6. The van der Waals surface area contributed by atoms with Crippen molar-refractivity contribution < 1.29 is 17.9 Å². The zero-order valence-corrected chi connectivity index (χ0v) is 18.2. The van der Waals surface area contributed by atoms with Gasteiger partial charge in [0.25, 0.3) is 15.9 Å². The molecule has 1 amide bonds. The van der Waals surface area contributed by atoms with Gasteiger partial charge in [-0.25, -0.2) is 8.42 Å². The molecule has 0 unspecified atom stereocenters. The molecule has 2 aromatic rings. The molecular formula is C22H23ClN2O4S. The number of carbonyl (C=O) groups excluding carboxylic acids is 1. The number of hydrogen-bond donors (Lipinski definition) is 1. The first-order valence-corrected chi connectivity index (χ1v) is 11.2. The van der Waals surface area contributed by atoms with Gasteiger partial charge in [-0.3, -0.25) is 9.10 Å². The maximum absolute atomic E-state index is 13.6. The Kier molecular flexibility index (Phi) is 6.97. The van der Waals surface area contributed by atoms with E-state index in [4.69, 9.17) is 16.3 Å². The second kappa shape index (κ2) is 9.47. The first kappa shape index (κ1) is 22.1. The number of ether oxygens (including phenoxy) is 1. The summed E-state index contributed by atoms with van der Waals surface area (Å²) in [4.78, 5) is 12.8. The summed E-state index contributed by atoms with van der Waals surface area (Å²) in [6, 6.07) is 13.9. The molecule has 0 fully saturated rings. The van der Waals surface area contributed by atoms with Gasteiger partial charge in [0.15, 0.2) is 4.91 Å². The molecule has 158 valence electrons. The monoisotopic (exact) mass is 446 g/mol. The van der Waals surface area contributed by atoms with E-state index >= 15 is 0 Å². The van der Waals surface area contributed by atoms with Crippen molar-refractivity contribution in [2.45, 2.75) is 6.42 Å². The van der Waals surface area contributed by atoms with Gasteiger partial charge in [0.05, 0.1) is 12.2 Å². The Labute approximate surface area is 181 Å². The van der Waals surface area contributed by atoms with Crippen LogP contribution in [0.5, 0.6) is 0 Å². The van der Waals surface area contributed by atoms with Gasteiger partial charge in [-0.15, -0.1) is 6.58 Å². The molecule has 0 spiro atoms. The van der Waals surface area contributed by atoms with Crippen LogP contribution in [0, 0.1) is 0 Å². The summed E-state index contributed by atoms with van der Waals surface area (Å²) in [5, 5.41) is 3.15. The van der Waals surface area contributed by atoms with Crippen molar-refractivity contribution in [3.05, 3.63) is 82.2 Å². The fourth-order valence-electron chi connectivity index (χ4n) is 3.35. The third-order valence-electron chi connectivity index (χ3n) is 4.65. The number of rotatable bonds is 8. The Bertz CT molecular complexity index is 1080. The van der Waals surface area contributed by atoms with Crippen LogP contribution >= 0.6 is 11.6 Å². The Balaban J connectivity index is 2.26. The van der Waals surface area contributed by atoms with Crippen LogP contribution in [0.3, 0.4) is 0 Å². The van der Waals surface area contributed by atoms with Crippen LogP contribution in [0.2, 0.25) is 5.02 Å². The number of nitrogens with zero attached hydrogens (tertiary/aromatic N) is 1. The molecule has 0 bridgehead atoms. The highest BCUT2D eigenvalue weighted by molar-refractivity contribution is 7.97. The van der Waals surface area contributed by atoms with Crippen LogP contribution in [0.4, 0.5) is 5.69 Å². The molecule has 0 aliphatic carbocycles. The smallest absolute Gasteiger partial charge is 0.270 e. The maximum Gasteiger partial charge on any atom is 0.270 e. The zero-order chi connectivity index (χ0) is 21.7. The van der Waals surface area contributed by atoms with Crippen molar-refractivity contribution in [2.24, 2.45) is 0 Å². The number of benzene rings is 2. The predicted molar refractivity (Wildman–Crippen MR) is 120 cm³/mol. The number of sulfonamides is 1. The van der Waals surface area contributed by atoms with Crippen molar-refractivity contribution in [3.8, 4) is 0 Å². The maximum atomic E-state index is 13.6. The highest BCUT2D eigenvalue weighted by Gasteiger charge is 2.40. The van der Waals surface area contributed by atoms with Crippen molar-refractivity contribution >= 4 is 38.8 Å². The molecule has 2 aromatic carbocycles. The Morgan fingerprint density at radius 2 is 1.97 bits per heavy atom. The molecule has 0 saturated heterocycles. The fourth-order valence-corrected chi connectivity index (χ4v) is 5.26. The predicted octanol–water partition coefficient (Wildman–Crippen LogP) is 3.59. The SMILES string of the molecule is C=CCN1c2ccc(Cl)cc2C(c2ccccc2)=C(C(=O)NCCCOC)S1(=O)=O. The van der Waals surface area contributed by atoms with E-state index in [2.05, 4.69) is 11.9 Å².